The molecule has 0 aliphatic heterocycles. The summed E-state index contributed by atoms with van der Waals surface area (Å²) in [5.74, 6) is 0.790. The van der Waals surface area contributed by atoms with E-state index >= 15 is 0 Å². The molecule has 0 amide bonds. The Kier molecular flexibility index (Phi) is 9.43. The summed E-state index contributed by atoms with van der Waals surface area (Å²) in [7, 11) is 1.69. The summed E-state index contributed by atoms with van der Waals surface area (Å²) >= 11 is 0. The number of methoxy groups -OCH3 is 1. The lowest BCUT2D eigenvalue weighted by Gasteiger charge is -2.35. The lowest BCUT2D eigenvalue weighted by Crippen LogP contribution is -2.45. The van der Waals surface area contributed by atoms with Crippen molar-refractivity contribution < 1.29 is 14.2 Å². The fourth-order valence-corrected chi connectivity index (χ4v) is 2.65. The van der Waals surface area contributed by atoms with Crippen LogP contribution in [0.2, 0.25) is 0 Å². The van der Waals surface area contributed by atoms with Crippen molar-refractivity contribution in [3.63, 3.8) is 0 Å². The van der Waals surface area contributed by atoms with Crippen molar-refractivity contribution in [2.24, 2.45) is 5.92 Å². The Morgan fingerprint density at radius 3 is 2.68 bits per heavy atom. The highest BCUT2D eigenvalue weighted by molar-refractivity contribution is 4.84. The van der Waals surface area contributed by atoms with Crippen molar-refractivity contribution in [2.45, 2.75) is 51.7 Å². The maximum Gasteiger partial charge on any atom is 0.0730 e. The molecule has 4 nitrogen and oxygen atoms in total. The zero-order valence-electron chi connectivity index (χ0n) is 12.8. The molecule has 0 heterocycles. The summed E-state index contributed by atoms with van der Waals surface area (Å²) in [6, 6.07) is 0.538. The fourth-order valence-electron chi connectivity index (χ4n) is 2.65. The molecular weight excluding hydrogens is 242 g/mol. The zero-order chi connectivity index (χ0) is 13.9. The van der Waals surface area contributed by atoms with Crippen LogP contribution in [0.15, 0.2) is 0 Å². The minimum atomic E-state index is 0.377. The maximum atomic E-state index is 6.05. The van der Waals surface area contributed by atoms with Gasteiger partial charge >= 0.3 is 0 Å². The number of rotatable bonds is 10. The van der Waals surface area contributed by atoms with E-state index in [0.717, 1.165) is 32.1 Å². The van der Waals surface area contributed by atoms with Gasteiger partial charge in [-0.05, 0) is 38.1 Å². The average Bonchev–Trinajstić information content (AvgIpc) is 2.41. The zero-order valence-corrected chi connectivity index (χ0v) is 12.8. The van der Waals surface area contributed by atoms with Crippen LogP contribution in [0.4, 0.5) is 0 Å². The van der Waals surface area contributed by atoms with E-state index in [2.05, 4.69) is 19.2 Å². The molecule has 1 aliphatic carbocycles. The Bertz CT molecular complexity index is 214. The first-order valence-electron chi connectivity index (χ1n) is 7.69. The molecule has 3 unspecified atom stereocenters. The lowest BCUT2D eigenvalue weighted by atomic mass is 9.85. The van der Waals surface area contributed by atoms with E-state index in [1.165, 1.54) is 19.3 Å². The topological polar surface area (TPSA) is 39.7 Å². The predicted molar refractivity (Wildman–Crippen MR) is 77.5 cm³/mol. The van der Waals surface area contributed by atoms with Crippen LogP contribution in [0, 0.1) is 5.92 Å². The Balaban J connectivity index is 2.10. The standard InChI is InChI=1S/C15H31NO3/c1-4-16-14-7-6-13(2)12-15(14)19-9-5-8-18-11-10-17-3/h13-16H,4-12H2,1-3H3. The normalized spacial score (nSPS) is 27.6. The summed E-state index contributed by atoms with van der Waals surface area (Å²) in [6.45, 7) is 8.42. The van der Waals surface area contributed by atoms with Gasteiger partial charge in [0.15, 0.2) is 0 Å². The Morgan fingerprint density at radius 1 is 1.11 bits per heavy atom. The number of hydrogen-bond acceptors (Lipinski definition) is 4. The van der Waals surface area contributed by atoms with Crippen LogP contribution in [-0.4, -0.2) is 52.2 Å². The van der Waals surface area contributed by atoms with Crippen LogP contribution in [-0.2, 0) is 14.2 Å². The van der Waals surface area contributed by atoms with Gasteiger partial charge in [-0.15, -0.1) is 0 Å². The molecule has 1 rings (SSSR count). The largest absolute Gasteiger partial charge is 0.382 e. The van der Waals surface area contributed by atoms with E-state index in [-0.39, 0.29) is 0 Å². The number of ether oxygens (including phenoxy) is 3. The molecule has 1 N–H and O–H groups in total. The van der Waals surface area contributed by atoms with E-state index < -0.39 is 0 Å². The van der Waals surface area contributed by atoms with Gasteiger partial charge in [0.25, 0.3) is 0 Å². The van der Waals surface area contributed by atoms with Gasteiger partial charge in [-0.3, -0.25) is 0 Å². The van der Waals surface area contributed by atoms with Crippen LogP contribution in [0.25, 0.3) is 0 Å². The molecule has 1 saturated carbocycles. The molecule has 0 aromatic rings. The van der Waals surface area contributed by atoms with Crippen molar-refractivity contribution in [2.75, 3.05) is 40.1 Å². The van der Waals surface area contributed by atoms with Gasteiger partial charge in [-0.1, -0.05) is 13.8 Å². The maximum absolute atomic E-state index is 6.05. The molecule has 0 radical (unpaired) electrons. The monoisotopic (exact) mass is 273 g/mol. The van der Waals surface area contributed by atoms with E-state index in [0.29, 0.717) is 25.4 Å². The number of nitrogens with one attached hydrogen (secondary N) is 1. The molecule has 0 aromatic heterocycles. The summed E-state index contributed by atoms with van der Waals surface area (Å²) < 4.78 is 16.4. The smallest absolute Gasteiger partial charge is 0.0730 e. The SMILES string of the molecule is CCNC1CCC(C)CC1OCCCOCCOC. The lowest BCUT2D eigenvalue weighted by molar-refractivity contribution is -0.0184. The molecule has 0 aromatic carbocycles. The van der Waals surface area contributed by atoms with Crippen molar-refractivity contribution in [1.29, 1.82) is 0 Å². The average molecular weight is 273 g/mol. The first kappa shape index (κ1) is 16.9. The van der Waals surface area contributed by atoms with Crippen LogP contribution >= 0.6 is 0 Å². The minimum Gasteiger partial charge on any atom is -0.382 e. The molecule has 4 heteroatoms. The third-order valence-electron chi connectivity index (χ3n) is 3.72. The van der Waals surface area contributed by atoms with E-state index in [4.69, 9.17) is 14.2 Å². The highest BCUT2D eigenvalue weighted by Crippen LogP contribution is 2.26. The molecule has 1 fully saturated rings. The first-order valence-corrected chi connectivity index (χ1v) is 7.69. The van der Waals surface area contributed by atoms with Gasteiger partial charge in [0.05, 0.1) is 19.3 Å². The highest BCUT2D eigenvalue weighted by Gasteiger charge is 2.28. The molecule has 114 valence electrons. The third kappa shape index (κ3) is 7.25. The molecule has 0 spiro atoms. The van der Waals surface area contributed by atoms with Crippen LogP contribution in [0.3, 0.4) is 0 Å². The van der Waals surface area contributed by atoms with Crippen molar-refractivity contribution >= 4 is 0 Å². The van der Waals surface area contributed by atoms with Crippen LogP contribution in [0.1, 0.15) is 39.5 Å². The summed E-state index contributed by atoms with van der Waals surface area (Å²) in [5.41, 5.74) is 0. The minimum absolute atomic E-state index is 0.377. The molecule has 0 saturated heterocycles. The Labute approximate surface area is 118 Å². The van der Waals surface area contributed by atoms with Crippen molar-refractivity contribution in [3.05, 3.63) is 0 Å². The molecule has 0 bridgehead atoms. The molecule has 3 atom stereocenters. The van der Waals surface area contributed by atoms with Gasteiger partial charge in [-0.25, -0.2) is 0 Å². The highest BCUT2D eigenvalue weighted by atomic mass is 16.5. The van der Waals surface area contributed by atoms with Gasteiger partial charge in [0.1, 0.15) is 0 Å². The van der Waals surface area contributed by atoms with Gasteiger partial charge in [0.2, 0.25) is 0 Å². The van der Waals surface area contributed by atoms with E-state index in [1.54, 1.807) is 7.11 Å². The Hall–Kier alpha value is -0.160. The van der Waals surface area contributed by atoms with Crippen molar-refractivity contribution in [1.82, 2.24) is 5.32 Å². The van der Waals surface area contributed by atoms with Gasteiger partial charge < -0.3 is 19.5 Å². The van der Waals surface area contributed by atoms with E-state index in [1.807, 2.05) is 0 Å². The summed E-state index contributed by atoms with van der Waals surface area (Å²) in [4.78, 5) is 0. The Morgan fingerprint density at radius 2 is 1.95 bits per heavy atom. The second-order valence-corrected chi connectivity index (χ2v) is 5.45. The number of likely N-dealkylation sites (N-methyl/N-ethyl adjacent to an activating group) is 1. The molecular formula is C15H31NO3. The quantitative estimate of drug-likeness (QED) is 0.620. The first-order chi connectivity index (χ1) is 9.27. The molecule has 1 aliphatic rings. The summed E-state index contributed by atoms with van der Waals surface area (Å²) in [5, 5.41) is 3.55. The predicted octanol–water partition coefficient (Wildman–Crippen LogP) is 2.22. The second kappa shape index (κ2) is 10.6. The summed E-state index contributed by atoms with van der Waals surface area (Å²) in [6.07, 6.45) is 5.08. The number of hydrogen-bond donors (Lipinski definition) is 1. The fraction of sp³-hybridized carbons (Fsp3) is 1.00. The van der Waals surface area contributed by atoms with E-state index in [9.17, 15) is 0 Å². The van der Waals surface area contributed by atoms with Crippen LogP contribution in [0.5, 0.6) is 0 Å². The third-order valence-corrected chi connectivity index (χ3v) is 3.72. The second-order valence-electron chi connectivity index (χ2n) is 5.45. The van der Waals surface area contributed by atoms with Gasteiger partial charge in [0, 0.05) is 26.4 Å². The van der Waals surface area contributed by atoms with Crippen molar-refractivity contribution in [3.8, 4) is 0 Å². The van der Waals surface area contributed by atoms with Crippen LogP contribution < -0.4 is 5.32 Å². The molecule has 19 heavy (non-hydrogen) atoms. The van der Waals surface area contributed by atoms with Gasteiger partial charge in [-0.2, -0.15) is 0 Å².